The van der Waals surface area contributed by atoms with Crippen LogP contribution in [0.3, 0.4) is 0 Å². The zero-order valence-electron chi connectivity index (χ0n) is 10.1. The normalized spacial score (nSPS) is 10.1. The molecule has 0 aliphatic heterocycles. The van der Waals surface area contributed by atoms with Crippen molar-refractivity contribution < 1.29 is 4.74 Å². The number of rotatable bonds is 3. The lowest BCUT2D eigenvalue weighted by Crippen LogP contribution is -2.23. The molecule has 0 fully saturated rings. The lowest BCUT2D eigenvalue weighted by atomic mass is 10.3. The van der Waals surface area contributed by atoms with Crippen LogP contribution in [0.15, 0.2) is 29.1 Å². The van der Waals surface area contributed by atoms with Crippen LogP contribution >= 0.6 is 0 Å². The summed E-state index contributed by atoms with van der Waals surface area (Å²) in [6, 6.07) is 8.97. The zero-order chi connectivity index (χ0) is 13.1. The summed E-state index contributed by atoms with van der Waals surface area (Å²) in [7, 11) is 1.58. The topological polar surface area (TPSA) is 72.8 Å². The maximum absolute atomic E-state index is 12.0. The number of hydrogen-bond donors (Lipinski definition) is 0. The Kier molecular flexibility index (Phi) is 3.15. The molecule has 1 aromatic heterocycles. The average molecular weight is 244 g/mol. The Hall–Kier alpha value is -2.55. The maximum atomic E-state index is 12.0. The first-order valence-electron chi connectivity index (χ1n) is 5.35. The molecule has 0 radical (unpaired) electrons. The quantitative estimate of drug-likeness (QED) is 0.803. The molecule has 0 saturated carbocycles. The summed E-state index contributed by atoms with van der Waals surface area (Å²) in [6.45, 7) is 1.67. The van der Waals surface area contributed by atoms with Crippen molar-refractivity contribution in [3.8, 4) is 17.5 Å². The monoisotopic (exact) mass is 244 g/mol. The van der Waals surface area contributed by atoms with Crippen molar-refractivity contribution in [2.24, 2.45) is 0 Å². The van der Waals surface area contributed by atoms with Gasteiger partial charge in [0.2, 0.25) is 0 Å². The van der Waals surface area contributed by atoms with Gasteiger partial charge in [-0.2, -0.15) is 15.0 Å². The van der Waals surface area contributed by atoms with E-state index in [0.29, 0.717) is 17.3 Å². The molecule has 92 valence electrons. The second kappa shape index (κ2) is 4.75. The van der Waals surface area contributed by atoms with Crippen molar-refractivity contribution in [3.05, 3.63) is 40.6 Å². The molecule has 1 heterocycles. The molecule has 6 nitrogen and oxygen atoms in total. The van der Waals surface area contributed by atoms with Crippen molar-refractivity contribution in [2.45, 2.75) is 13.5 Å². The number of benzene rings is 1. The van der Waals surface area contributed by atoms with Crippen LogP contribution in [-0.4, -0.2) is 21.5 Å². The highest BCUT2D eigenvalue weighted by atomic mass is 16.5. The van der Waals surface area contributed by atoms with Crippen molar-refractivity contribution in [1.29, 1.82) is 5.26 Å². The second-order valence-corrected chi connectivity index (χ2v) is 3.68. The molecule has 0 unspecified atom stereocenters. The molecular formula is C12H12N4O2. The van der Waals surface area contributed by atoms with Crippen molar-refractivity contribution >= 4 is 0 Å². The predicted octanol–water partition coefficient (Wildman–Crippen LogP) is 0.875. The first kappa shape index (κ1) is 11.9. The number of aryl methyl sites for hydroxylation is 1. The van der Waals surface area contributed by atoms with Gasteiger partial charge in [0.1, 0.15) is 18.1 Å². The van der Waals surface area contributed by atoms with E-state index in [1.165, 1.54) is 4.57 Å². The van der Waals surface area contributed by atoms with E-state index in [-0.39, 0.29) is 12.2 Å². The number of aromatic nitrogens is 3. The summed E-state index contributed by atoms with van der Waals surface area (Å²) in [5.41, 5.74) is 0.377. The molecule has 0 aliphatic rings. The van der Waals surface area contributed by atoms with Gasteiger partial charge in [-0.3, -0.25) is 0 Å². The van der Waals surface area contributed by atoms with Crippen LogP contribution in [0.25, 0.3) is 5.69 Å². The Morgan fingerprint density at radius 3 is 2.61 bits per heavy atom. The molecule has 18 heavy (non-hydrogen) atoms. The van der Waals surface area contributed by atoms with Gasteiger partial charge in [-0.1, -0.05) is 0 Å². The first-order valence-corrected chi connectivity index (χ1v) is 5.35. The Balaban J connectivity index is 2.50. The molecule has 0 atom stereocenters. The zero-order valence-corrected chi connectivity index (χ0v) is 10.1. The summed E-state index contributed by atoms with van der Waals surface area (Å²) in [4.78, 5) is 12.0. The Morgan fingerprint density at radius 1 is 1.39 bits per heavy atom. The van der Waals surface area contributed by atoms with Gasteiger partial charge in [0.25, 0.3) is 0 Å². The van der Waals surface area contributed by atoms with Gasteiger partial charge in [0, 0.05) is 0 Å². The van der Waals surface area contributed by atoms with Crippen LogP contribution in [0.1, 0.15) is 5.82 Å². The third-order valence-electron chi connectivity index (χ3n) is 2.55. The minimum absolute atomic E-state index is 0.0527. The Bertz CT molecular complexity index is 646. The highest BCUT2D eigenvalue weighted by Crippen LogP contribution is 2.14. The molecule has 0 bridgehead atoms. The third kappa shape index (κ3) is 1.98. The van der Waals surface area contributed by atoms with Crippen LogP contribution in [-0.2, 0) is 6.54 Å². The van der Waals surface area contributed by atoms with Gasteiger partial charge in [0.05, 0.1) is 18.9 Å². The number of hydrogen-bond acceptors (Lipinski definition) is 4. The van der Waals surface area contributed by atoms with Crippen molar-refractivity contribution in [3.63, 3.8) is 0 Å². The molecule has 0 amide bonds. The van der Waals surface area contributed by atoms with E-state index in [1.54, 1.807) is 38.3 Å². The van der Waals surface area contributed by atoms with Gasteiger partial charge in [-0.25, -0.2) is 9.36 Å². The number of nitrogens with zero attached hydrogens (tertiary/aromatic N) is 4. The summed E-state index contributed by atoms with van der Waals surface area (Å²) in [6.07, 6.45) is 0. The fourth-order valence-electron chi connectivity index (χ4n) is 1.71. The molecule has 0 saturated heterocycles. The molecule has 0 N–H and O–H groups in total. The fourth-order valence-corrected chi connectivity index (χ4v) is 1.71. The first-order chi connectivity index (χ1) is 8.67. The molecule has 2 rings (SSSR count). The fraction of sp³-hybridized carbons (Fsp3) is 0.250. The number of nitriles is 1. The smallest absolute Gasteiger partial charge is 0.351 e. The van der Waals surface area contributed by atoms with Crippen LogP contribution in [0.5, 0.6) is 5.75 Å². The van der Waals surface area contributed by atoms with Gasteiger partial charge in [0.15, 0.2) is 0 Å². The summed E-state index contributed by atoms with van der Waals surface area (Å²) in [5.74, 6) is 1.26. The molecule has 0 spiro atoms. The second-order valence-electron chi connectivity index (χ2n) is 3.68. The average Bonchev–Trinajstić information content (AvgIpc) is 2.65. The van der Waals surface area contributed by atoms with Crippen LogP contribution in [0, 0.1) is 18.3 Å². The van der Waals surface area contributed by atoms with Crippen molar-refractivity contribution in [1.82, 2.24) is 14.3 Å². The minimum Gasteiger partial charge on any atom is -0.497 e. The number of methoxy groups -OCH3 is 1. The molecular weight excluding hydrogens is 232 g/mol. The maximum Gasteiger partial charge on any atom is 0.351 e. The summed E-state index contributed by atoms with van der Waals surface area (Å²) < 4.78 is 7.65. The Morgan fingerprint density at radius 2 is 2.06 bits per heavy atom. The third-order valence-corrected chi connectivity index (χ3v) is 2.55. The van der Waals surface area contributed by atoms with E-state index in [2.05, 4.69) is 5.10 Å². The van der Waals surface area contributed by atoms with Crippen LogP contribution < -0.4 is 10.4 Å². The molecule has 2 aromatic rings. The molecule has 0 aliphatic carbocycles. The Labute approximate surface area is 104 Å². The van der Waals surface area contributed by atoms with E-state index in [0.717, 1.165) is 4.68 Å². The molecule has 1 aromatic carbocycles. The van der Waals surface area contributed by atoms with E-state index in [1.807, 2.05) is 6.07 Å². The molecule has 6 heteroatoms. The van der Waals surface area contributed by atoms with E-state index >= 15 is 0 Å². The summed E-state index contributed by atoms with van der Waals surface area (Å²) in [5, 5.41) is 12.6. The lowest BCUT2D eigenvalue weighted by Gasteiger charge is -2.04. The SMILES string of the molecule is COc1ccc(-n2c(C)nn(CC#N)c2=O)cc1. The highest BCUT2D eigenvalue weighted by molar-refractivity contribution is 5.37. The van der Waals surface area contributed by atoms with Crippen LogP contribution in [0.2, 0.25) is 0 Å². The minimum atomic E-state index is -0.320. The highest BCUT2D eigenvalue weighted by Gasteiger charge is 2.11. The summed E-state index contributed by atoms with van der Waals surface area (Å²) >= 11 is 0. The van der Waals surface area contributed by atoms with Gasteiger partial charge >= 0.3 is 5.69 Å². The number of ether oxygens (including phenoxy) is 1. The predicted molar refractivity (Wildman–Crippen MR) is 64.7 cm³/mol. The van der Waals surface area contributed by atoms with E-state index < -0.39 is 0 Å². The van der Waals surface area contributed by atoms with Gasteiger partial charge in [-0.15, -0.1) is 0 Å². The van der Waals surface area contributed by atoms with E-state index in [4.69, 9.17) is 10.00 Å². The largest absolute Gasteiger partial charge is 0.497 e. The standard InChI is InChI=1S/C12H12N4O2/c1-9-14-15(8-7-13)12(17)16(9)10-3-5-11(18-2)6-4-10/h3-6H,8H2,1-2H3. The van der Waals surface area contributed by atoms with E-state index in [9.17, 15) is 4.79 Å². The van der Waals surface area contributed by atoms with Crippen molar-refractivity contribution in [2.75, 3.05) is 7.11 Å². The van der Waals surface area contributed by atoms with Crippen LogP contribution in [0.4, 0.5) is 0 Å². The van der Waals surface area contributed by atoms with Gasteiger partial charge < -0.3 is 4.74 Å². The van der Waals surface area contributed by atoms with Gasteiger partial charge in [-0.05, 0) is 31.2 Å². The lowest BCUT2D eigenvalue weighted by molar-refractivity contribution is 0.414.